The highest BCUT2D eigenvalue weighted by Crippen LogP contribution is 2.26. The molecule has 6 nitrogen and oxygen atoms in total. The summed E-state index contributed by atoms with van der Waals surface area (Å²) < 4.78 is 46.0. The smallest absolute Gasteiger partial charge is 0.264 e. The number of amides is 1. The highest BCUT2D eigenvalue weighted by Gasteiger charge is 2.28. The molecule has 1 amide bonds. The number of methoxy groups -OCH3 is 1. The number of carbonyl (C=O) groups is 1. The molecule has 0 radical (unpaired) electrons. The van der Waals surface area contributed by atoms with E-state index >= 15 is 0 Å². The molecule has 31 heavy (non-hydrogen) atoms. The molecular formula is C23H23FN2O4S. The minimum atomic E-state index is -4.12. The summed E-state index contributed by atoms with van der Waals surface area (Å²) in [4.78, 5) is 12.6. The maximum Gasteiger partial charge on any atom is 0.264 e. The molecule has 162 valence electrons. The van der Waals surface area contributed by atoms with Crippen LogP contribution in [0.4, 0.5) is 10.1 Å². The molecule has 0 fully saturated rings. The van der Waals surface area contributed by atoms with Crippen molar-refractivity contribution in [2.75, 3.05) is 18.0 Å². The van der Waals surface area contributed by atoms with Crippen LogP contribution in [0.15, 0.2) is 83.8 Å². The van der Waals surface area contributed by atoms with Gasteiger partial charge >= 0.3 is 0 Å². The molecular weight excluding hydrogens is 419 g/mol. The molecule has 0 aliphatic heterocycles. The Bertz CT molecular complexity index is 1120. The Morgan fingerprint density at radius 2 is 1.61 bits per heavy atom. The van der Waals surface area contributed by atoms with Crippen molar-refractivity contribution in [3.63, 3.8) is 0 Å². The zero-order valence-corrected chi connectivity index (χ0v) is 18.0. The summed E-state index contributed by atoms with van der Waals surface area (Å²) in [5, 5.41) is 2.82. The maximum atomic E-state index is 13.3. The van der Waals surface area contributed by atoms with Gasteiger partial charge in [-0.1, -0.05) is 30.3 Å². The second kappa shape index (κ2) is 9.61. The van der Waals surface area contributed by atoms with Crippen molar-refractivity contribution in [1.29, 1.82) is 0 Å². The number of carbonyl (C=O) groups excluding carboxylic acids is 1. The average Bonchev–Trinajstić information content (AvgIpc) is 2.78. The van der Waals surface area contributed by atoms with Crippen LogP contribution in [0.25, 0.3) is 0 Å². The van der Waals surface area contributed by atoms with E-state index in [-0.39, 0.29) is 16.6 Å². The van der Waals surface area contributed by atoms with Crippen LogP contribution in [0.1, 0.15) is 18.5 Å². The highest BCUT2D eigenvalue weighted by molar-refractivity contribution is 7.92. The molecule has 3 aromatic rings. The van der Waals surface area contributed by atoms with Gasteiger partial charge in [0.25, 0.3) is 10.0 Å². The summed E-state index contributed by atoms with van der Waals surface area (Å²) in [6.07, 6.45) is 0. The number of sulfonamides is 1. The molecule has 1 atom stereocenters. The van der Waals surface area contributed by atoms with Gasteiger partial charge < -0.3 is 10.1 Å². The minimum absolute atomic E-state index is 0.117. The molecule has 0 bridgehead atoms. The van der Waals surface area contributed by atoms with Crippen molar-refractivity contribution in [3.8, 4) is 5.75 Å². The van der Waals surface area contributed by atoms with Gasteiger partial charge in [0.05, 0.1) is 23.7 Å². The fourth-order valence-corrected chi connectivity index (χ4v) is 4.46. The summed E-state index contributed by atoms with van der Waals surface area (Å²) >= 11 is 0. The first-order valence-corrected chi connectivity index (χ1v) is 11.0. The normalized spacial score (nSPS) is 12.1. The van der Waals surface area contributed by atoms with E-state index in [0.29, 0.717) is 5.75 Å². The number of nitrogens with one attached hydrogen (secondary N) is 1. The van der Waals surface area contributed by atoms with Gasteiger partial charge in [0.1, 0.15) is 18.1 Å². The number of anilines is 1. The Balaban J connectivity index is 1.90. The molecule has 0 aliphatic rings. The number of ether oxygens (including phenoxy) is 1. The Morgan fingerprint density at radius 1 is 1.00 bits per heavy atom. The minimum Gasteiger partial charge on any atom is -0.497 e. The molecule has 0 saturated heterocycles. The van der Waals surface area contributed by atoms with Crippen LogP contribution in [0.2, 0.25) is 0 Å². The van der Waals surface area contributed by atoms with E-state index < -0.39 is 28.3 Å². The van der Waals surface area contributed by atoms with E-state index in [1.165, 1.54) is 19.2 Å². The van der Waals surface area contributed by atoms with Gasteiger partial charge in [-0.3, -0.25) is 9.10 Å². The molecule has 8 heteroatoms. The Kier molecular flexibility index (Phi) is 6.91. The first-order valence-electron chi connectivity index (χ1n) is 9.58. The molecule has 0 unspecified atom stereocenters. The number of rotatable bonds is 8. The second-order valence-corrected chi connectivity index (χ2v) is 8.73. The molecule has 0 heterocycles. The lowest BCUT2D eigenvalue weighted by Crippen LogP contribution is -2.41. The standard InChI is InChI=1S/C23H23FN2O4S/c1-17(18-6-4-3-5-7-18)25-23(27)16-26(20-10-12-21(30-2)13-11-20)31(28,29)22-14-8-19(24)9-15-22/h3-15,17H,16H2,1-2H3,(H,25,27)/t17-/m1/s1. The van der Waals surface area contributed by atoms with Gasteiger partial charge in [0.15, 0.2) is 0 Å². The van der Waals surface area contributed by atoms with Crippen molar-refractivity contribution < 1.29 is 22.3 Å². The third kappa shape index (κ3) is 5.40. The predicted molar refractivity (Wildman–Crippen MR) is 117 cm³/mol. The van der Waals surface area contributed by atoms with Gasteiger partial charge in [-0.15, -0.1) is 0 Å². The van der Waals surface area contributed by atoms with Gasteiger partial charge in [-0.25, -0.2) is 12.8 Å². The number of hydrogen-bond donors (Lipinski definition) is 1. The Hall–Kier alpha value is -3.39. The summed E-state index contributed by atoms with van der Waals surface area (Å²) in [5.74, 6) is -0.479. The van der Waals surface area contributed by atoms with Crippen LogP contribution in [0.5, 0.6) is 5.75 Å². The lowest BCUT2D eigenvalue weighted by molar-refractivity contribution is -0.120. The number of benzene rings is 3. The van der Waals surface area contributed by atoms with E-state index in [2.05, 4.69) is 5.32 Å². The van der Waals surface area contributed by atoms with Crippen molar-refractivity contribution in [2.24, 2.45) is 0 Å². The van der Waals surface area contributed by atoms with Crippen molar-refractivity contribution >= 4 is 21.6 Å². The number of halogens is 1. The van der Waals surface area contributed by atoms with E-state index in [1.54, 1.807) is 24.3 Å². The molecule has 3 rings (SSSR count). The van der Waals surface area contributed by atoms with Gasteiger partial charge in [0.2, 0.25) is 5.91 Å². The first kappa shape index (κ1) is 22.3. The molecule has 1 N–H and O–H groups in total. The van der Waals surface area contributed by atoms with Crippen LogP contribution in [0, 0.1) is 5.82 Å². The van der Waals surface area contributed by atoms with Crippen LogP contribution < -0.4 is 14.4 Å². The zero-order chi connectivity index (χ0) is 22.4. The van der Waals surface area contributed by atoms with Crippen LogP contribution >= 0.6 is 0 Å². The fourth-order valence-electron chi connectivity index (χ4n) is 3.04. The molecule has 0 aromatic heterocycles. The molecule has 0 spiro atoms. The van der Waals surface area contributed by atoms with Gasteiger partial charge in [0, 0.05) is 0 Å². The molecule has 0 saturated carbocycles. The fraction of sp³-hybridized carbons (Fsp3) is 0.174. The van der Waals surface area contributed by atoms with Crippen molar-refractivity contribution in [1.82, 2.24) is 5.32 Å². The highest BCUT2D eigenvalue weighted by atomic mass is 32.2. The SMILES string of the molecule is COc1ccc(N(CC(=O)N[C@H](C)c2ccccc2)S(=O)(=O)c2ccc(F)cc2)cc1. The molecule has 0 aliphatic carbocycles. The quantitative estimate of drug-likeness (QED) is 0.574. The van der Waals surface area contributed by atoms with E-state index in [1.807, 2.05) is 37.3 Å². The van der Waals surface area contributed by atoms with E-state index in [4.69, 9.17) is 4.74 Å². The van der Waals surface area contributed by atoms with Crippen LogP contribution in [0.3, 0.4) is 0 Å². The zero-order valence-electron chi connectivity index (χ0n) is 17.2. The van der Waals surface area contributed by atoms with Crippen LogP contribution in [-0.2, 0) is 14.8 Å². The predicted octanol–water partition coefficient (Wildman–Crippen LogP) is 3.91. The monoisotopic (exact) mass is 442 g/mol. The average molecular weight is 443 g/mol. The first-order chi connectivity index (χ1) is 14.8. The van der Waals surface area contributed by atoms with E-state index in [9.17, 15) is 17.6 Å². The Labute approximate surface area is 181 Å². The number of hydrogen-bond acceptors (Lipinski definition) is 4. The van der Waals surface area contributed by atoms with Crippen LogP contribution in [-0.4, -0.2) is 28.0 Å². The Morgan fingerprint density at radius 3 is 2.19 bits per heavy atom. The maximum absolute atomic E-state index is 13.3. The summed E-state index contributed by atoms with van der Waals surface area (Å²) in [5.41, 5.74) is 1.18. The second-order valence-electron chi connectivity index (χ2n) is 6.86. The summed E-state index contributed by atoms with van der Waals surface area (Å²) in [7, 11) is -2.62. The van der Waals surface area contributed by atoms with Crippen molar-refractivity contribution in [2.45, 2.75) is 17.9 Å². The largest absolute Gasteiger partial charge is 0.497 e. The number of nitrogens with zero attached hydrogens (tertiary/aromatic N) is 1. The van der Waals surface area contributed by atoms with Gasteiger partial charge in [-0.2, -0.15) is 0 Å². The third-order valence-electron chi connectivity index (χ3n) is 4.73. The molecule has 3 aromatic carbocycles. The summed E-state index contributed by atoms with van der Waals surface area (Å²) in [6, 6.07) is 19.8. The summed E-state index contributed by atoms with van der Waals surface area (Å²) in [6.45, 7) is 1.38. The van der Waals surface area contributed by atoms with Crippen molar-refractivity contribution in [3.05, 3.63) is 90.2 Å². The lowest BCUT2D eigenvalue weighted by Gasteiger charge is -2.25. The van der Waals surface area contributed by atoms with E-state index in [0.717, 1.165) is 22.0 Å². The third-order valence-corrected chi connectivity index (χ3v) is 6.51. The lowest BCUT2D eigenvalue weighted by atomic mass is 10.1. The topological polar surface area (TPSA) is 75.7 Å². The van der Waals surface area contributed by atoms with Gasteiger partial charge in [-0.05, 0) is 61.0 Å².